The average molecular weight is 187 g/mol. The molecule has 0 spiro atoms. The van der Waals surface area contributed by atoms with Crippen LogP contribution >= 0.6 is 0 Å². The predicted octanol–water partition coefficient (Wildman–Crippen LogP) is 2.58. The third-order valence-corrected chi connectivity index (χ3v) is 2.08. The average Bonchev–Trinajstić information content (AvgIpc) is 2.09. The van der Waals surface area contributed by atoms with Gasteiger partial charge in [0.05, 0.1) is 0 Å². The highest BCUT2D eigenvalue weighted by Gasteiger charge is 1.92. The highest BCUT2D eigenvalue weighted by molar-refractivity contribution is 4.53. The minimum atomic E-state index is 0.633. The second kappa shape index (κ2) is 10.0. The van der Waals surface area contributed by atoms with Gasteiger partial charge in [-0.3, -0.25) is 0 Å². The van der Waals surface area contributed by atoms with Crippen molar-refractivity contribution in [2.75, 3.05) is 20.3 Å². The zero-order chi connectivity index (χ0) is 9.94. The Morgan fingerprint density at radius 3 is 2.23 bits per heavy atom. The number of hydrogen-bond acceptors (Lipinski definition) is 2. The molecule has 1 N–H and O–H groups in total. The number of nitrogens with one attached hydrogen (secondary N) is 1. The summed E-state index contributed by atoms with van der Waals surface area (Å²) in [5.41, 5.74) is 0. The molecule has 0 atom stereocenters. The quantitative estimate of drug-likeness (QED) is 0.560. The zero-order valence-corrected chi connectivity index (χ0v) is 9.44. The summed E-state index contributed by atoms with van der Waals surface area (Å²) in [5, 5.41) is 3.42. The van der Waals surface area contributed by atoms with Crippen molar-refractivity contribution in [3.8, 4) is 0 Å². The maximum atomic E-state index is 4.99. The molecule has 0 radical (unpaired) electrons. The minimum Gasteiger partial charge on any atom is -0.385 e. The van der Waals surface area contributed by atoms with Crippen LogP contribution in [0.1, 0.15) is 46.0 Å². The van der Waals surface area contributed by atoms with E-state index >= 15 is 0 Å². The van der Waals surface area contributed by atoms with Gasteiger partial charge in [-0.25, -0.2) is 0 Å². The summed E-state index contributed by atoms with van der Waals surface area (Å²) in [6, 6.07) is 0.633. The van der Waals surface area contributed by atoms with Gasteiger partial charge in [-0.2, -0.15) is 0 Å². The lowest BCUT2D eigenvalue weighted by Gasteiger charge is -2.07. The topological polar surface area (TPSA) is 21.3 Å². The molecule has 2 nitrogen and oxygen atoms in total. The second-order valence-electron chi connectivity index (χ2n) is 3.87. The van der Waals surface area contributed by atoms with Gasteiger partial charge in [0.25, 0.3) is 0 Å². The molecule has 0 aliphatic heterocycles. The van der Waals surface area contributed by atoms with Crippen LogP contribution in [0.5, 0.6) is 0 Å². The van der Waals surface area contributed by atoms with Crippen LogP contribution in [0.3, 0.4) is 0 Å². The molecule has 0 saturated carbocycles. The molecule has 0 saturated heterocycles. The van der Waals surface area contributed by atoms with Gasteiger partial charge in [0.2, 0.25) is 0 Å². The molecule has 0 heterocycles. The third kappa shape index (κ3) is 11.9. The van der Waals surface area contributed by atoms with Crippen LogP contribution in [0.25, 0.3) is 0 Å². The van der Waals surface area contributed by atoms with Crippen molar-refractivity contribution < 1.29 is 4.74 Å². The number of methoxy groups -OCH3 is 1. The molecule has 2 heteroatoms. The Morgan fingerprint density at radius 1 is 1.00 bits per heavy atom. The van der Waals surface area contributed by atoms with Gasteiger partial charge in [-0.1, -0.05) is 33.1 Å². The number of hydrogen-bond donors (Lipinski definition) is 1. The monoisotopic (exact) mass is 187 g/mol. The summed E-state index contributed by atoms with van der Waals surface area (Å²) in [6.45, 7) is 6.48. The lowest BCUT2D eigenvalue weighted by Crippen LogP contribution is -2.23. The smallest absolute Gasteiger partial charge is 0.0462 e. The molecule has 13 heavy (non-hydrogen) atoms. The van der Waals surface area contributed by atoms with Crippen molar-refractivity contribution in [2.45, 2.75) is 52.0 Å². The van der Waals surface area contributed by atoms with Crippen LogP contribution in [0.4, 0.5) is 0 Å². The Morgan fingerprint density at radius 2 is 1.62 bits per heavy atom. The van der Waals surface area contributed by atoms with Crippen molar-refractivity contribution >= 4 is 0 Å². The highest BCUT2D eigenvalue weighted by Crippen LogP contribution is 2.02. The van der Waals surface area contributed by atoms with Gasteiger partial charge in [0.1, 0.15) is 0 Å². The fourth-order valence-corrected chi connectivity index (χ4v) is 1.29. The molecule has 0 rings (SSSR count). The molecule has 0 bridgehead atoms. The van der Waals surface area contributed by atoms with E-state index < -0.39 is 0 Å². The Hall–Kier alpha value is -0.0800. The van der Waals surface area contributed by atoms with E-state index in [4.69, 9.17) is 4.74 Å². The SMILES string of the molecule is COCCCCCCCNC(C)C. The van der Waals surface area contributed by atoms with Crippen LogP contribution in [-0.2, 0) is 4.74 Å². The lowest BCUT2D eigenvalue weighted by atomic mass is 10.1. The summed E-state index contributed by atoms with van der Waals surface area (Å²) in [6.07, 6.45) is 6.54. The van der Waals surface area contributed by atoms with Crippen LogP contribution in [-0.4, -0.2) is 26.3 Å². The zero-order valence-electron chi connectivity index (χ0n) is 9.44. The third-order valence-electron chi connectivity index (χ3n) is 2.08. The summed E-state index contributed by atoms with van der Waals surface area (Å²) >= 11 is 0. The van der Waals surface area contributed by atoms with Crippen molar-refractivity contribution in [3.05, 3.63) is 0 Å². The maximum absolute atomic E-state index is 4.99. The molecule has 0 unspecified atom stereocenters. The molecule has 0 fully saturated rings. The summed E-state index contributed by atoms with van der Waals surface area (Å²) in [7, 11) is 1.77. The van der Waals surface area contributed by atoms with E-state index in [1.54, 1.807) is 7.11 Å². The molecule has 0 aromatic rings. The van der Waals surface area contributed by atoms with Crippen LogP contribution in [0.15, 0.2) is 0 Å². The Balaban J connectivity index is 2.84. The summed E-state index contributed by atoms with van der Waals surface area (Å²) in [4.78, 5) is 0. The predicted molar refractivity (Wildman–Crippen MR) is 58.1 cm³/mol. The van der Waals surface area contributed by atoms with Gasteiger partial charge in [0.15, 0.2) is 0 Å². The Labute approximate surface area is 83.1 Å². The molecule has 80 valence electrons. The molecule has 0 aromatic heterocycles. The van der Waals surface area contributed by atoms with Crippen LogP contribution in [0, 0.1) is 0 Å². The van der Waals surface area contributed by atoms with E-state index in [1.807, 2.05) is 0 Å². The maximum Gasteiger partial charge on any atom is 0.0462 e. The lowest BCUT2D eigenvalue weighted by molar-refractivity contribution is 0.192. The van der Waals surface area contributed by atoms with E-state index in [0.717, 1.165) is 6.61 Å². The van der Waals surface area contributed by atoms with E-state index in [1.165, 1.54) is 38.6 Å². The van der Waals surface area contributed by atoms with E-state index in [-0.39, 0.29) is 0 Å². The minimum absolute atomic E-state index is 0.633. The van der Waals surface area contributed by atoms with E-state index in [2.05, 4.69) is 19.2 Å². The first-order chi connectivity index (χ1) is 6.27. The normalized spacial score (nSPS) is 11.1. The first kappa shape index (κ1) is 12.9. The number of rotatable bonds is 9. The van der Waals surface area contributed by atoms with Crippen LogP contribution in [0.2, 0.25) is 0 Å². The first-order valence-corrected chi connectivity index (χ1v) is 5.49. The van der Waals surface area contributed by atoms with Gasteiger partial charge in [-0.05, 0) is 19.4 Å². The first-order valence-electron chi connectivity index (χ1n) is 5.49. The molecule has 0 amide bonds. The van der Waals surface area contributed by atoms with Gasteiger partial charge < -0.3 is 10.1 Å². The fraction of sp³-hybridized carbons (Fsp3) is 1.00. The molecular weight excluding hydrogens is 162 g/mol. The number of ether oxygens (including phenoxy) is 1. The van der Waals surface area contributed by atoms with Crippen molar-refractivity contribution in [3.63, 3.8) is 0 Å². The molecule has 0 aliphatic carbocycles. The van der Waals surface area contributed by atoms with Gasteiger partial charge in [0, 0.05) is 19.8 Å². The van der Waals surface area contributed by atoms with Crippen molar-refractivity contribution in [1.29, 1.82) is 0 Å². The standard InChI is InChI=1S/C11H25NO/c1-11(2)12-9-7-5-4-6-8-10-13-3/h11-12H,4-10H2,1-3H3. The highest BCUT2D eigenvalue weighted by atomic mass is 16.5. The van der Waals surface area contributed by atoms with E-state index in [9.17, 15) is 0 Å². The fourth-order valence-electron chi connectivity index (χ4n) is 1.29. The van der Waals surface area contributed by atoms with Gasteiger partial charge in [-0.15, -0.1) is 0 Å². The Bertz CT molecular complexity index is 94.1. The van der Waals surface area contributed by atoms with Gasteiger partial charge >= 0.3 is 0 Å². The second-order valence-corrected chi connectivity index (χ2v) is 3.87. The molecular formula is C11H25NO. The van der Waals surface area contributed by atoms with Crippen LogP contribution < -0.4 is 5.32 Å². The number of unbranched alkanes of at least 4 members (excludes halogenated alkanes) is 4. The summed E-state index contributed by atoms with van der Waals surface area (Å²) < 4.78 is 4.99. The summed E-state index contributed by atoms with van der Waals surface area (Å²) in [5.74, 6) is 0. The Kier molecular flexibility index (Phi) is 9.94. The molecule has 0 aromatic carbocycles. The largest absolute Gasteiger partial charge is 0.385 e. The van der Waals surface area contributed by atoms with Crippen molar-refractivity contribution in [2.24, 2.45) is 0 Å². The molecule has 0 aliphatic rings. The van der Waals surface area contributed by atoms with E-state index in [0.29, 0.717) is 6.04 Å². The van der Waals surface area contributed by atoms with Crippen molar-refractivity contribution in [1.82, 2.24) is 5.32 Å².